The monoisotopic (exact) mass is 291 g/mol. The Morgan fingerprint density at radius 2 is 2.05 bits per heavy atom. The Hall–Kier alpha value is -2.80. The van der Waals surface area contributed by atoms with Crippen molar-refractivity contribution in [1.29, 1.82) is 5.26 Å². The average Bonchev–Trinajstić information content (AvgIpc) is 2.98. The molecule has 4 nitrogen and oxygen atoms in total. The minimum Gasteiger partial charge on any atom is -0.485 e. The molecule has 0 atom stereocenters. The summed E-state index contributed by atoms with van der Waals surface area (Å²) in [5, 5.41) is 9.13. The molecule has 0 spiro atoms. The Bertz CT molecular complexity index is 843. The first-order valence-electron chi connectivity index (χ1n) is 7.27. The fraction of sp³-hybridized carbons (Fsp3) is 0.222. The van der Waals surface area contributed by atoms with Gasteiger partial charge in [-0.1, -0.05) is 32.0 Å². The number of pyridine rings is 1. The Morgan fingerprint density at radius 1 is 1.23 bits per heavy atom. The first-order chi connectivity index (χ1) is 10.7. The Morgan fingerprint density at radius 3 is 2.82 bits per heavy atom. The fourth-order valence-corrected chi connectivity index (χ4v) is 2.31. The van der Waals surface area contributed by atoms with Crippen molar-refractivity contribution in [2.75, 3.05) is 0 Å². The van der Waals surface area contributed by atoms with Gasteiger partial charge in [0.15, 0.2) is 11.4 Å². The second-order valence-corrected chi connectivity index (χ2v) is 5.48. The van der Waals surface area contributed by atoms with Crippen molar-refractivity contribution in [1.82, 2.24) is 9.38 Å². The minimum atomic E-state index is 0.354. The molecule has 2 aromatic heterocycles. The molecule has 2 heterocycles. The zero-order valence-electron chi connectivity index (χ0n) is 12.7. The summed E-state index contributed by atoms with van der Waals surface area (Å²) >= 11 is 0. The molecule has 0 bridgehead atoms. The van der Waals surface area contributed by atoms with E-state index in [0.717, 1.165) is 22.7 Å². The number of hydrogen-bond acceptors (Lipinski definition) is 3. The second kappa shape index (κ2) is 5.90. The van der Waals surface area contributed by atoms with Gasteiger partial charge in [-0.25, -0.2) is 4.98 Å². The highest BCUT2D eigenvalue weighted by atomic mass is 16.5. The van der Waals surface area contributed by atoms with Gasteiger partial charge in [0.25, 0.3) is 0 Å². The van der Waals surface area contributed by atoms with Crippen LogP contribution in [0.5, 0.6) is 5.75 Å². The minimum absolute atomic E-state index is 0.354. The highest BCUT2D eigenvalue weighted by molar-refractivity contribution is 5.54. The van der Waals surface area contributed by atoms with E-state index in [0.29, 0.717) is 18.1 Å². The van der Waals surface area contributed by atoms with Crippen molar-refractivity contribution in [3.63, 3.8) is 0 Å². The van der Waals surface area contributed by atoms with E-state index in [2.05, 4.69) is 24.9 Å². The highest BCUT2D eigenvalue weighted by Gasteiger charge is 2.10. The Kier molecular flexibility index (Phi) is 3.80. The zero-order chi connectivity index (χ0) is 15.5. The van der Waals surface area contributed by atoms with Crippen LogP contribution in [-0.4, -0.2) is 9.38 Å². The molecule has 0 N–H and O–H groups in total. The molecule has 3 aromatic rings. The maximum Gasteiger partial charge on any atom is 0.179 e. The van der Waals surface area contributed by atoms with Crippen LogP contribution < -0.4 is 4.74 Å². The number of benzene rings is 1. The van der Waals surface area contributed by atoms with Crippen LogP contribution in [-0.2, 0) is 6.61 Å². The SMILES string of the molecule is CC(C)c1cn2cccc(OCc3ccccc3C#N)c2n1. The predicted octanol–water partition coefficient (Wildman–Crippen LogP) is 3.91. The lowest BCUT2D eigenvalue weighted by Gasteiger charge is -2.08. The molecular formula is C18H17N3O. The van der Waals surface area contributed by atoms with Crippen LogP contribution in [0, 0.1) is 11.3 Å². The summed E-state index contributed by atoms with van der Waals surface area (Å²) in [7, 11) is 0. The molecule has 0 aliphatic heterocycles. The summed E-state index contributed by atoms with van der Waals surface area (Å²) in [6, 6.07) is 13.5. The second-order valence-electron chi connectivity index (χ2n) is 5.48. The zero-order valence-corrected chi connectivity index (χ0v) is 12.7. The third kappa shape index (κ3) is 2.66. The normalized spacial score (nSPS) is 10.8. The van der Waals surface area contributed by atoms with E-state index in [1.54, 1.807) is 6.07 Å². The van der Waals surface area contributed by atoms with Crippen molar-refractivity contribution in [3.8, 4) is 11.8 Å². The van der Waals surface area contributed by atoms with Gasteiger partial charge in [-0.2, -0.15) is 5.26 Å². The summed E-state index contributed by atoms with van der Waals surface area (Å²) in [4.78, 5) is 4.64. The van der Waals surface area contributed by atoms with Gasteiger partial charge in [-0.3, -0.25) is 0 Å². The number of ether oxygens (including phenoxy) is 1. The number of nitrogens with zero attached hydrogens (tertiary/aromatic N) is 3. The number of fused-ring (bicyclic) bond motifs is 1. The van der Waals surface area contributed by atoms with Crippen molar-refractivity contribution in [2.24, 2.45) is 0 Å². The van der Waals surface area contributed by atoms with Gasteiger partial charge in [-0.15, -0.1) is 0 Å². The summed E-state index contributed by atoms with van der Waals surface area (Å²) in [6.07, 6.45) is 3.99. The summed E-state index contributed by atoms with van der Waals surface area (Å²) in [6.45, 7) is 4.59. The van der Waals surface area contributed by atoms with E-state index >= 15 is 0 Å². The van der Waals surface area contributed by atoms with Crippen LogP contribution in [0.4, 0.5) is 0 Å². The third-order valence-electron chi connectivity index (χ3n) is 3.58. The number of hydrogen-bond donors (Lipinski definition) is 0. The lowest BCUT2D eigenvalue weighted by atomic mass is 10.1. The predicted molar refractivity (Wildman–Crippen MR) is 84.8 cm³/mol. The van der Waals surface area contributed by atoms with Crippen molar-refractivity contribution in [2.45, 2.75) is 26.4 Å². The van der Waals surface area contributed by atoms with Gasteiger partial charge in [0.1, 0.15) is 6.61 Å². The summed E-state index contributed by atoms with van der Waals surface area (Å²) in [5.74, 6) is 1.09. The largest absolute Gasteiger partial charge is 0.485 e. The molecule has 1 aromatic carbocycles. The topological polar surface area (TPSA) is 50.3 Å². The maximum atomic E-state index is 9.13. The van der Waals surface area contributed by atoms with Crippen molar-refractivity contribution >= 4 is 5.65 Å². The Balaban J connectivity index is 1.89. The number of aromatic nitrogens is 2. The number of rotatable bonds is 4. The van der Waals surface area contributed by atoms with Crippen molar-refractivity contribution in [3.05, 3.63) is 65.6 Å². The van der Waals surface area contributed by atoms with Gasteiger partial charge in [0.05, 0.1) is 17.3 Å². The van der Waals surface area contributed by atoms with Crippen LogP contribution in [0.1, 0.15) is 36.6 Å². The first kappa shape index (κ1) is 14.2. The molecule has 22 heavy (non-hydrogen) atoms. The van der Waals surface area contributed by atoms with E-state index in [4.69, 9.17) is 10.00 Å². The highest BCUT2D eigenvalue weighted by Crippen LogP contribution is 2.23. The standard InChI is InChI=1S/C18H17N3O/c1-13(2)16-11-21-9-5-8-17(18(21)20-16)22-12-15-7-4-3-6-14(15)10-19/h3-9,11,13H,12H2,1-2H3. The fourth-order valence-electron chi connectivity index (χ4n) is 2.31. The van der Waals surface area contributed by atoms with Gasteiger partial charge < -0.3 is 9.14 Å². The van der Waals surface area contributed by atoms with Crippen LogP contribution in [0.15, 0.2) is 48.8 Å². The Labute approximate surface area is 129 Å². The van der Waals surface area contributed by atoms with Crippen LogP contribution in [0.25, 0.3) is 5.65 Å². The molecular weight excluding hydrogens is 274 g/mol. The quantitative estimate of drug-likeness (QED) is 0.732. The van der Waals surface area contributed by atoms with Gasteiger partial charge in [0.2, 0.25) is 0 Å². The number of imidazole rings is 1. The molecule has 0 amide bonds. The molecule has 0 unspecified atom stereocenters. The van der Waals surface area contributed by atoms with Crippen molar-refractivity contribution < 1.29 is 4.74 Å². The molecule has 0 fully saturated rings. The molecule has 3 rings (SSSR count). The molecule has 110 valence electrons. The van der Waals surface area contributed by atoms with Gasteiger partial charge in [-0.05, 0) is 24.1 Å². The molecule has 0 radical (unpaired) electrons. The lowest BCUT2D eigenvalue weighted by Crippen LogP contribution is -1.99. The molecule has 0 aliphatic carbocycles. The molecule has 4 heteroatoms. The van der Waals surface area contributed by atoms with E-state index in [1.807, 2.05) is 47.1 Å². The van der Waals surface area contributed by atoms with E-state index in [9.17, 15) is 0 Å². The van der Waals surface area contributed by atoms with E-state index in [-0.39, 0.29) is 0 Å². The molecule has 0 saturated heterocycles. The van der Waals surface area contributed by atoms with Gasteiger partial charge in [0, 0.05) is 18.0 Å². The van der Waals surface area contributed by atoms with Crippen LogP contribution >= 0.6 is 0 Å². The van der Waals surface area contributed by atoms with Gasteiger partial charge >= 0.3 is 0 Å². The van der Waals surface area contributed by atoms with E-state index < -0.39 is 0 Å². The maximum absolute atomic E-state index is 9.13. The molecule has 0 saturated carbocycles. The first-order valence-corrected chi connectivity index (χ1v) is 7.27. The average molecular weight is 291 g/mol. The van der Waals surface area contributed by atoms with Crippen LogP contribution in [0.3, 0.4) is 0 Å². The number of nitriles is 1. The molecule has 0 aliphatic rings. The summed E-state index contributed by atoms with van der Waals surface area (Å²) in [5.41, 5.74) is 3.36. The van der Waals surface area contributed by atoms with Crippen LogP contribution in [0.2, 0.25) is 0 Å². The van der Waals surface area contributed by atoms with E-state index in [1.165, 1.54) is 0 Å². The third-order valence-corrected chi connectivity index (χ3v) is 3.58. The summed E-state index contributed by atoms with van der Waals surface area (Å²) < 4.78 is 7.88. The lowest BCUT2D eigenvalue weighted by molar-refractivity contribution is 0.308. The smallest absolute Gasteiger partial charge is 0.179 e.